The fourth-order valence-corrected chi connectivity index (χ4v) is 2.94. The van der Waals surface area contributed by atoms with Gasteiger partial charge in [0.25, 0.3) is 0 Å². The van der Waals surface area contributed by atoms with Crippen molar-refractivity contribution in [2.75, 3.05) is 0 Å². The van der Waals surface area contributed by atoms with Gasteiger partial charge in [0.2, 0.25) is 5.92 Å². The Morgan fingerprint density at radius 1 is 1.26 bits per heavy atom. The average molecular weight is 265 g/mol. The number of hydrogen-bond donors (Lipinski definition) is 1. The van der Waals surface area contributed by atoms with Crippen molar-refractivity contribution in [2.24, 2.45) is 12.8 Å². The highest BCUT2D eigenvalue weighted by molar-refractivity contribution is 5.81. The van der Waals surface area contributed by atoms with Gasteiger partial charge in [-0.15, -0.1) is 0 Å². The Kier molecular flexibility index (Phi) is 2.64. The molecule has 0 aliphatic heterocycles. The van der Waals surface area contributed by atoms with Crippen molar-refractivity contribution in [1.82, 2.24) is 9.55 Å². The van der Waals surface area contributed by atoms with Crippen LogP contribution in [0, 0.1) is 0 Å². The van der Waals surface area contributed by atoms with Gasteiger partial charge in [-0.3, -0.25) is 0 Å². The zero-order valence-corrected chi connectivity index (χ0v) is 10.9. The van der Waals surface area contributed by atoms with Gasteiger partial charge in [-0.25, -0.2) is 13.8 Å². The van der Waals surface area contributed by atoms with Crippen LogP contribution in [0.4, 0.5) is 8.78 Å². The van der Waals surface area contributed by atoms with Crippen LogP contribution in [0.2, 0.25) is 0 Å². The van der Waals surface area contributed by atoms with Gasteiger partial charge in [-0.1, -0.05) is 0 Å². The quantitative estimate of drug-likeness (QED) is 0.861. The highest BCUT2D eigenvalue weighted by atomic mass is 19.3. The molecule has 1 aliphatic carbocycles. The zero-order chi connectivity index (χ0) is 13.7. The third kappa shape index (κ3) is 2.02. The summed E-state index contributed by atoms with van der Waals surface area (Å²) in [5, 5.41) is 0.970. The topological polar surface area (TPSA) is 43.8 Å². The molecule has 2 heterocycles. The SMILES string of the molecule is Cn1cc(C2(N)CCC(F)(F)CC2)c2cccnc21. The molecule has 1 fully saturated rings. The first-order chi connectivity index (χ1) is 8.91. The fourth-order valence-electron chi connectivity index (χ4n) is 2.94. The molecule has 0 radical (unpaired) electrons. The van der Waals surface area contributed by atoms with Gasteiger partial charge in [-0.2, -0.15) is 0 Å². The van der Waals surface area contributed by atoms with Crippen LogP contribution in [0.5, 0.6) is 0 Å². The number of fused-ring (bicyclic) bond motifs is 1. The minimum absolute atomic E-state index is 0.139. The Hall–Kier alpha value is -1.49. The molecule has 0 saturated heterocycles. The number of nitrogens with two attached hydrogens (primary N) is 1. The second-order valence-electron chi connectivity index (χ2n) is 5.54. The van der Waals surface area contributed by atoms with Gasteiger partial charge in [0.15, 0.2) is 0 Å². The van der Waals surface area contributed by atoms with E-state index in [1.54, 1.807) is 6.20 Å². The smallest absolute Gasteiger partial charge is 0.248 e. The molecule has 3 nitrogen and oxygen atoms in total. The lowest BCUT2D eigenvalue weighted by atomic mass is 9.76. The van der Waals surface area contributed by atoms with Crippen molar-refractivity contribution >= 4 is 11.0 Å². The summed E-state index contributed by atoms with van der Waals surface area (Å²) in [6, 6.07) is 3.81. The number of aryl methyl sites for hydroxylation is 1. The summed E-state index contributed by atoms with van der Waals surface area (Å²) in [6.45, 7) is 0. The molecule has 0 spiro atoms. The number of aromatic nitrogens is 2. The van der Waals surface area contributed by atoms with Crippen LogP contribution < -0.4 is 5.73 Å². The molecule has 2 aromatic heterocycles. The van der Waals surface area contributed by atoms with Gasteiger partial charge >= 0.3 is 0 Å². The van der Waals surface area contributed by atoms with Crippen LogP contribution in [0.1, 0.15) is 31.2 Å². The summed E-state index contributed by atoms with van der Waals surface area (Å²) < 4.78 is 28.5. The lowest BCUT2D eigenvalue weighted by Crippen LogP contribution is -2.43. The first-order valence-electron chi connectivity index (χ1n) is 6.49. The maximum Gasteiger partial charge on any atom is 0.248 e. The lowest BCUT2D eigenvalue weighted by Gasteiger charge is -2.37. The van der Waals surface area contributed by atoms with E-state index in [0.29, 0.717) is 12.8 Å². The lowest BCUT2D eigenvalue weighted by molar-refractivity contribution is -0.0512. The van der Waals surface area contributed by atoms with E-state index in [1.807, 2.05) is 29.9 Å². The number of hydrogen-bond acceptors (Lipinski definition) is 2. The predicted molar refractivity (Wildman–Crippen MR) is 70.0 cm³/mol. The molecule has 102 valence electrons. The molecule has 1 aliphatic rings. The third-order valence-electron chi connectivity index (χ3n) is 4.14. The van der Waals surface area contributed by atoms with Crippen molar-refractivity contribution in [2.45, 2.75) is 37.1 Å². The summed E-state index contributed by atoms with van der Waals surface area (Å²) in [7, 11) is 1.90. The van der Waals surface area contributed by atoms with Crippen LogP contribution >= 0.6 is 0 Å². The maximum atomic E-state index is 13.3. The van der Waals surface area contributed by atoms with Gasteiger partial charge in [0.1, 0.15) is 5.65 Å². The first kappa shape index (κ1) is 12.5. The summed E-state index contributed by atoms with van der Waals surface area (Å²) in [4.78, 5) is 4.32. The molecular formula is C14H17F2N3. The Balaban J connectivity index is 2.05. The van der Waals surface area contributed by atoms with Crippen LogP contribution in [0.25, 0.3) is 11.0 Å². The molecule has 19 heavy (non-hydrogen) atoms. The molecule has 0 atom stereocenters. The Morgan fingerprint density at radius 2 is 1.95 bits per heavy atom. The minimum atomic E-state index is -2.56. The van der Waals surface area contributed by atoms with Crippen molar-refractivity contribution in [3.8, 4) is 0 Å². The van der Waals surface area contributed by atoms with Crippen LogP contribution in [0.15, 0.2) is 24.5 Å². The van der Waals surface area contributed by atoms with Crippen molar-refractivity contribution in [3.05, 3.63) is 30.1 Å². The Bertz CT molecular complexity index is 608. The molecule has 1 saturated carbocycles. The number of pyridine rings is 1. The van der Waals surface area contributed by atoms with E-state index in [1.165, 1.54) is 0 Å². The third-order valence-corrected chi connectivity index (χ3v) is 4.14. The van der Waals surface area contributed by atoms with E-state index in [9.17, 15) is 8.78 Å². The second-order valence-corrected chi connectivity index (χ2v) is 5.54. The minimum Gasteiger partial charge on any atom is -0.335 e. The average Bonchev–Trinajstić information content (AvgIpc) is 2.73. The van der Waals surface area contributed by atoms with Crippen molar-refractivity contribution in [3.63, 3.8) is 0 Å². The molecule has 2 N–H and O–H groups in total. The Labute approximate surface area is 110 Å². The zero-order valence-electron chi connectivity index (χ0n) is 10.9. The molecule has 0 aromatic carbocycles. The largest absolute Gasteiger partial charge is 0.335 e. The molecule has 0 amide bonds. The number of halogens is 2. The van der Waals surface area contributed by atoms with Crippen LogP contribution in [0.3, 0.4) is 0 Å². The summed E-state index contributed by atoms with van der Waals surface area (Å²) in [6.07, 6.45) is 4.01. The summed E-state index contributed by atoms with van der Waals surface area (Å²) in [5.41, 5.74) is 7.53. The molecule has 0 unspecified atom stereocenters. The van der Waals surface area contributed by atoms with Crippen molar-refractivity contribution in [1.29, 1.82) is 0 Å². The first-order valence-corrected chi connectivity index (χ1v) is 6.49. The van der Waals surface area contributed by atoms with E-state index in [-0.39, 0.29) is 12.8 Å². The van der Waals surface area contributed by atoms with Crippen LogP contribution in [-0.2, 0) is 12.6 Å². The highest BCUT2D eigenvalue weighted by Gasteiger charge is 2.43. The molecule has 0 bridgehead atoms. The van der Waals surface area contributed by atoms with E-state index in [2.05, 4.69) is 4.98 Å². The summed E-state index contributed by atoms with van der Waals surface area (Å²) >= 11 is 0. The molecular weight excluding hydrogens is 248 g/mol. The van der Waals surface area contributed by atoms with Gasteiger partial charge in [0, 0.05) is 43.2 Å². The molecule has 3 rings (SSSR count). The monoisotopic (exact) mass is 265 g/mol. The second kappa shape index (κ2) is 4.00. The standard InChI is InChI=1S/C14H17F2N3/c1-19-9-11(10-3-2-8-18-12(10)19)13(17)4-6-14(15,16)7-5-13/h2-3,8-9H,4-7,17H2,1H3. The van der Waals surface area contributed by atoms with E-state index in [0.717, 1.165) is 16.6 Å². The number of alkyl halides is 2. The van der Waals surface area contributed by atoms with E-state index in [4.69, 9.17) is 5.73 Å². The van der Waals surface area contributed by atoms with Gasteiger partial charge in [-0.05, 0) is 30.5 Å². The molecule has 5 heteroatoms. The van der Waals surface area contributed by atoms with E-state index >= 15 is 0 Å². The fraction of sp³-hybridized carbons (Fsp3) is 0.500. The van der Waals surface area contributed by atoms with Crippen LogP contribution in [-0.4, -0.2) is 15.5 Å². The normalized spacial score (nSPS) is 21.7. The summed E-state index contributed by atoms with van der Waals surface area (Å²) in [5.74, 6) is -2.56. The van der Waals surface area contributed by atoms with Gasteiger partial charge < -0.3 is 10.3 Å². The van der Waals surface area contributed by atoms with Crippen molar-refractivity contribution < 1.29 is 8.78 Å². The highest BCUT2D eigenvalue weighted by Crippen LogP contribution is 2.44. The maximum absolute atomic E-state index is 13.3. The predicted octanol–water partition coefficient (Wildman–Crippen LogP) is 2.94. The molecule has 2 aromatic rings. The number of rotatable bonds is 1. The Morgan fingerprint density at radius 3 is 2.63 bits per heavy atom. The van der Waals surface area contributed by atoms with E-state index < -0.39 is 11.5 Å². The number of nitrogens with zero attached hydrogens (tertiary/aromatic N) is 2. The van der Waals surface area contributed by atoms with Gasteiger partial charge in [0.05, 0.1) is 0 Å².